The summed E-state index contributed by atoms with van der Waals surface area (Å²) in [5, 5.41) is 19.7. The third-order valence-corrected chi connectivity index (χ3v) is 5.02. The number of amides is 2. The number of rotatable bonds is 11. The van der Waals surface area contributed by atoms with E-state index in [2.05, 4.69) is 25.6 Å². The molecule has 1 saturated carbocycles. The first-order valence-electron chi connectivity index (χ1n) is 10.6. The maximum Gasteiger partial charge on any atom is 0.273 e. The molecule has 10 nitrogen and oxygen atoms in total. The molecule has 0 spiro atoms. The number of carbonyl (C=O) groups is 2. The smallest absolute Gasteiger partial charge is 0.273 e. The van der Waals surface area contributed by atoms with E-state index in [9.17, 15) is 19.4 Å². The summed E-state index contributed by atoms with van der Waals surface area (Å²) in [4.78, 5) is 31.5. The number of aliphatic imine (C=N–C) groups is 1. The molecular weight excluding hydrogens is 427 g/mol. The van der Waals surface area contributed by atoms with Gasteiger partial charge in [0, 0.05) is 13.2 Å². The average molecular weight is 454 g/mol. The van der Waals surface area contributed by atoms with Gasteiger partial charge in [-0.2, -0.15) is 10.7 Å². The van der Waals surface area contributed by atoms with Crippen LogP contribution in [-0.2, 0) is 17.8 Å². The van der Waals surface area contributed by atoms with Crippen molar-refractivity contribution >= 4 is 23.4 Å². The number of carbonyl (C=O) groups excluding carboxylic acids is 2. The third-order valence-electron chi connectivity index (χ3n) is 5.02. The zero-order valence-corrected chi connectivity index (χ0v) is 18.3. The second-order valence-corrected chi connectivity index (χ2v) is 7.83. The first-order valence-corrected chi connectivity index (χ1v) is 10.6. The van der Waals surface area contributed by atoms with E-state index in [1.807, 2.05) is 12.1 Å². The average Bonchev–Trinajstić information content (AvgIpc) is 3.55. The minimum absolute atomic E-state index is 0.0182. The van der Waals surface area contributed by atoms with Gasteiger partial charge >= 0.3 is 0 Å². The minimum Gasteiger partial charge on any atom is -0.808 e. The van der Waals surface area contributed by atoms with Gasteiger partial charge in [-0.05, 0) is 55.4 Å². The first-order chi connectivity index (χ1) is 15.8. The van der Waals surface area contributed by atoms with Gasteiger partial charge in [-0.1, -0.05) is 11.3 Å². The van der Waals surface area contributed by atoms with E-state index in [4.69, 9.17) is 5.73 Å². The summed E-state index contributed by atoms with van der Waals surface area (Å²) < 4.78 is 15.4. The van der Waals surface area contributed by atoms with Gasteiger partial charge < -0.3 is 16.5 Å². The highest BCUT2D eigenvalue weighted by Gasteiger charge is 2.23. The van der Waals surface area contributed by atoms with Crippen molar-refractivity contribution < 1.29 is 14.0 Å². The molecule has 0 unspecified atom stereocenters. The Morgan fingerprint density at radius 3 is 2.94 bits per heavy atom. The van der Waals surface area contributed by atoms with Crippen molar-refractivity contribution in [2.75, 3.05) is 7.05 Å². The molecule has 3 rings (SSSR count). The fraction of sp³-hybridized carbons (Fsp3) is 0.409. The molecule has 0 aromatic carbocycles. The fourth-order valence-corrected chi connectivity index (χ4v) is 3.12. The van der Waals surface area contributed by atoms with Crippen molar-refractivity contribution in [1.82, 2.24) is 25.3 Å². The van der Waals surface area contributed by atoms with Crippen LogP contribution in [0.5, 0.6) is 0 Å². The lowest BCUT2D eigenvalue weighted by atomic mass is 10.1. The molecule has 174 valence electrons. The van der Waals surface area contributed by atoms with Crippen LogP contribution in [0.15, 0.2) is 41.7 Å². The Kier molecular flexibility index (Phi) is 8.11. The highest BCUT2D eigenvalue weighted by atomic mass is 19.1. The fourth-order valence-electron chi connectivity index (χ4n) is 3.12. The standard InChI is InChI=1S/C22H26FN8O2/c1-26-22(33)19-13-31(30-29-19)12-16(23)4-5-17(24)6-7-20(25)28-21(32)11-18-10-15(8-9-27-18)14-2-3-14/h6-10,13-14,16H,2-5,11-12H2,1H3,(H,26,33)(H2,25,28,32)/q-1/b7-6-/t16-/m1/s1. The Balaban J connectivity index is 1.41. The summed E-state index contributed by atoms with van der Waals surface area (Å²) in [5.74, 6) is -0.346. The van der Waals surface area contributed by atoms with E-state index in [0.717, 1.165) is 12.8 Å². The number of aromatic nitrogens is 4. The molecule has 11 heteroatoms. The van der Waals surface area contributed by atoms with Gasteiger partial charge in [0.2, 0.25) is 0 Å². The molecule has 0 saturated heterocycles. The van der Waals surface area contributed by atoms with Crippen LogP contribution in [0.4, 0.5) is 4.39 Å². The summed E-state index contributed by atoms with van der Waals surface area (Å²) in [6.07, 6.45) is 6.73. The van der Waals surface area contributed by atoms with Gasteiger partial charge in [0.15, 0.2) is 5.69 Å². The number of pyridine rings is 1. The Bertz CT molecular complexity index is 1070. The SMILES string of the molecule is CNC(=O)c1cn(C[C@H](F)CCC(=[N-])/C=C\C(N)=NC(=O)Cc2cc(C3CC3)ccn2)nn1. The number of amidine groups is 1. The lowest BCUT2D eigenvalue weighted by molar-refractivity contribution is -0.117. The molecule has 2 aromatic heterocycles. The van der Waals surface area contributed by atoms with Gasteiger partial charge in [-0.3, -0.25) is 14.6 Å². The van der Waals surface area contributed by atoms with E-state index >= 15 is 0 Å². The van der Waals surface area contributed by atoms with Gasteiger partial charge in [-0.15, -0.1) is 5.10 Å². The summed E-state index contributed by atoms with van der Waals surface area (Å²) in [6.45, 7) is -0.102. The number of allylic oxidation sites excluding steroid dienone is 1. The van der Waals surface area contributed by atoms with E-state index in [-0.39, 0.29) is 43.0 Å². The molecule has 0 radical (unpaired) electrons. The Morgan fingerprint density at radius 1 is 1.42 bits per heavy atom. The molecule has 1 atom stereocenters. The van der Waals surface area contributed by atoms with Crippen molar-refractivity contribution in [3.05, 3.63) is 59.0 Å². The van der Waals surface area contributed by atoms with Gasteiger partial charge in [0.25, 0.3) is 11.8 Å². The molecule has 0 aliphatic heterocycles. The number of nitrogens with one attached hydrogen (secondary N) is 1. The molecule has 1 aliphatic carbocycles. The summed E-state index contributed by atoms with van der Waals surface area (Å²) in [7, 11) is 1.46. The number of alkyl halides is 1. The predicted octanol–water partition coefficient (Wildman–Crippen LogP) is 1.72. The van der Waals surface area contributed by atoms with Gasteiger partial charge in [0.05, 0.1) is 24.9 Å². The number of nitrogens with zero attached hydrogens (tertiary/aromatic N) is 6. The molecule has 33 heavy (non-hydrogen) atoms. The first kappa shape index (κ1) is 23.9. The quantitative estimate of drug-likeness (QED) is 0.391. The molecule has 1 fully saturated rings. The van der Waals surface area contributed by atoms with Crippen LogP contribution < -0.4 is 11.1 Å². The Hall–Kier alpha value is -3.76. The van der Waals surface area contributed by atoms with Crippen LogP contribution in [0, 0.1) is 0 Å². The van der Waals surface area contributed by atoms with E-state index < -0.39 is 18.0 Å². The maximum absolute atomic E-state index is 14.2. The highest BCUT2D eigenvalue weighted by molar-refractivity contribution is 6.06. The number of hydrogen-bond acceptors (Lipinski definition) is 5. The third kappa shape index (κ3) is 7.70. The molecule has 2 amide bonds. The van der Waals surface area contributed by atoms with Crippen LogP contribution in [0.25, 0.3) is 5.41 Å². The predicted molar refractivity (Wildman–Crippen MR) is 122 cm³/mol. The monoisotopic (exact) mass is 453 g/mol. The van der Waals surface area contributed by atoms with Gasteiger partial charge in [0.1, 0.15) is 12.0 Å². The highest BCUT2D eigenvalue weighted by Crippen LogP contribution is 2.39. The summed E-state index contributed by atoms with van der Waals surface area (Å²) >= 11 is 0. The van der Waals surface area contributed by atoms with Crippen LogP contribution in [0.2, 0.25) is 0 Å². The lowest BCUT2D eigenvalue weighted by Gasteiger charge is -2.11. The second kappa shape index (κ2) is 11.2. The van der Waals surface area contributed by atoms with E-state index in [0.29, 0.717) is 11.6 Å². The summed E-state index contributed by atoms with van der Waals surface area (Å²) in [5.41, 5.74) is 7.55. The van der Waals surface area contributed by atoms with Crippen LogP contribution >= 0.6 is 0 Å². The van der Waals surface area contributed by atoms with E-state index in [1.54, 1.807) is 6.20 Å². The molecule has 3 N–H and O–H groups in total. The lowest BCUT2D eigenvalue weighted by Crippen LogP contribution is -2.18. The molecule has 2 aromatic rings. The van der Waals surface area contributed by atoms with Crippen molar-refractivity contribution in [2.24, 2.45) is 10.7 Å². The summed E-state index contributed by atoms with van der Waals surface area (Å²) in [6, 6.07) is 3.88. The second-order valence-electron chi connectivity index (χ2n) is 7.83. The maximum atomic E-state index is 14.2. The number of nitrogens with two attached hydrogens (primary N) is 1. The molecular formula is C22H26FN8O2-. The minimum atomic E-state index is -1.31. The Labute approximate surface area is 190 Å². The zero-order chi connectivity index (χ0) is 23.8. The van der Waals surface area contributed by atoms with Crippen molar-refractivity contribution in [2.45, 2.75) is 50.7 Å². The number of hydrogen-bond donors (Lipinski definition) is 2. The number of halogens is 1. The topological polar surface area (TPSA) is 150 Å². The van der Waals surface area contributed by atoms with Crippen molar-refractivity contribution in [1.29, 1.82) is 0 Å². The largest absolute Gasteiger partial charge is 0.808 e. The van der Waals surface area contributed by atoms with Crippen molar-refractivity contribution in [3.8, 4) is 0 Å². The van der Waals surface area contributed by atoms with E-state index in [1.165, 1.54) is 35.6 Å². The molecule has 1 aliphatic rings. The van der Waals surface area contributed by atoms with Crippen LogP contribution in [0.1, 0.15) is 53.3 Å². The van der Waals surface area contributed by atoms with Gasteiger partial charge in [-0.25, -0.2) is 9.07 Å². The van der Waals surface area contributed by atoms with Crippen LogP contribution in [-0.4, -0.2) is 56.6 Å². The van der Waals surface area contributed by atoms with Crippen LogP contribution in [0.3, 0.4) is 0 Å². The Morgan fingerprint density at radius 2 is 2.21 bits per heavy atom. The zero-order valence-electron chi connectivity index (χ0n) is 18.3. The normalized spacial score (nSPS) is 14.9. The molecule has 2 heterocycles. The molecule has 0 bridgehead atoms. The van der Waals surface area contributed by atoms with Crippen molar-refractivity contribution in [3.63, 3.8) is 0 Å².